The SMILES string of the molecule is COc1ccc([C@H]2OCC[C@@H]2NS(=O)(=O)c2cc(C)c(Cl)s2)cn1. The second-order valence-electron chi connectivity index (χ2n) is 5.46. The number of methoxy groups -OCH3 is 1. The molecule has 1 fully saturated rings. The van der Waals surface area contributed by atoms with Gasteiger partial charge in [-0.3, -0.25) is 0 Å². The van der Waals surface area contributed by atoms with Gasteiger partial charge in [0.15, 0.2) is 0 Å². The molecule has 1 N–H and O–H groups in total. The van der Waals surface area contributed by atoms with Crippen LogP contribution in [-0.4, -0.2) is 33.2 Å². The summed E-state index contributed by atoms with van der Waals surface area (Å²) in [6, 6.07) is 4.78. The zero-order valence-corrected chi connectivity index (χ0v) is 15.5. The Morgan fingerprint density at radius 3 is 2.83 bits per heavy atom. The van der Waals surface area contributed by atoms with Crippen LogP contribution < -0.4 is 9.46 Å². The Morgan fingerprint density at radius 2 is 2.25 bits per heavy atom. The molecule has 0 spiro atoms. The van der Waals surface area contributed by atoms with Crippen molar-refractivity contribution in [3.63, 3.8) is 0 Å². The summed E-state index contributed by atoms with van der Waals surface area (Å²) in [4.78, 5) is 4.15. The molecular weight excluding hydrogens is 372 g/mol. The van der Waals surface area contributed by atoms with Crippen LogP contribution in [0.2, 0.25) is 4.34 Å². The van der Waals surface area contributed by atoms with Crippen LogP contribution in [0.1, 0.15) is 23.7 Å². The molecule has 9 heteroatoms. The van der Waals surface area contributed by atoms with Gasteiger partial charge in [-0.15, -0.1) is 11.3 Å². The van der Waals surface area contributed by atoms with E-state index in [2.05, 4.69) is 9.71 Å². The van der Waals surface area contributed by atoms with E-state index in [9.17, 15) is 8.42 Å². The normalized spacial score (nSPS) is 21.1. The molecule has 3 rings (SSSR count). The van der Waals surface area contributed by atoms with Gasteiger partial charge in [-0.1, -0.05) is 11.6 Å². The highest BCUT2D eigenvalue weighted by atomic mass is 35.5. The zero-order valence-electron chi connectivity index (χ0n) is 13.2. The van der Waals surface area contributed by atoms with E-state index in [1.807, 2.05) is 6.07 Å². The third kappa shape index (κ3) is 3.57. The molecule has 3 heterocycles. The molecule has 1 aliphatic rings. The van der Waals surface area contributed by atoms with Crippen molar-refractivity contribution >= 4 is 33.0 Å². The number of rotatable bonds is 5. The minimum atomic E-state index is -3.64. The van der Waals surface area contributed by atoms with Crippen LogP contribution in [0.3, 0.4) is 0 Å². The van der Waals surface area contributed by atoms with Crippen LogP contribution in [0, 0.1) is 6.92 Å². The van der Waals surface area contributed by atoms with Crippen LogP contribution in [0.5, 0.6) is 5.88 Å². The zero-order chi connectivity index (χ0) is 17.3. The Kier molecular flexibility index (Phi) is 5.12. The van der Waals surface area contributed by atoms with Crippen molar-refractivity contribution in [3.05, 3.63) is 39.9 Å². The summed E-state index contributed by atoms with van der Waals surface area (Å²) in [6.07, 6.45) is 1.85. The minimum Gasteiger partial charge on any atom is -0.481 e. The number of hydrogen-bond acceptors (Lipinski definition) is 6. The van der Waals surface area contributed by atoms with E-state index in [0.29, 0.717) is 23.2 Å². The average Bonchev–Trinajstić information content (AvgIpc) is 3.14. The number of aromatic nitrogens is 1. The number of ether oxygens (including phenoxy) is 2. The van der Waals surface area contributed by atoms with Gasteiger partial charge in [-0.25, -0.2) is 18.1 Å². The lowest BCUT2D eigenvalue weighted by atomic mass is 10.1. The van der Waals surface area contributed by atoms with Crippen LogP contribution >= 0.6 is 22.9 Å². The number of nitrogens with one attached hydrogen (secondary N) is 1. The lowest BCUT2D eigenvalue weighted by Crippen LogP contribution is -2.36. The van der Waals surface area contributed by atoms with Crippen molar-refractivity contribution in [1.82, 2.24) is 9.71 Å². The summed E-state index contributed by atoms with van der Waals surface area (Å²) in [5.74, 6) is 0.498. The molecule has 0 saturated carbocycles. The molecule has 0 bridgehead atoms. The van der Waals surface area contributed by atoms with Crippen LogP contribution in [-0.2, 0) is 14.8 Å². The molecule has 0 amide bonds. The van der Waals surface area contributed by atoms with Crippen molar-refractivity contribution in [2.75, 3.05) is 13.7 Å². The van der Waals surface area contributed by atoms with Gasteiger partial charge in [-0.2, -0.15) is 0 Å². The molecule has 2 aromatic rings. The number of hydrogen-bond donors (Lipinski definition) is 1. The van der Waals surface area contributed by atoms with Crippen molar-refractivity contribution in [3.8, 4) is 5.88 Å². The Balaban J connectivity index is 1.80. The fourth-order valence-corrected chi connectivity index (χ4v) is 5.54. The molecule has 24 heavy (non-hydrogen) atoms. The van der Waals surface area contributed by atoms with Gasteiger partial charge in [0.05, 0.1) is 17.5 Å². The number of nitrogens with zero attached hydrogens (tertiary/aromatic N) is 1. The quantitative estimate of drug-likeness (QED) is 0.852. The van der Waals surface area contributed by atoms with E-state index in [0.717, 1.165) is 22.5 Å². The fraction of sp³-hybridized carbons (Fsp3) is 0.400. The van der Waals surface area contributed by atoms with E-state index in [-0.39, 0.29) is 16.4 Å². The van der Waals surface area contributed by atoms with Crippen molar-refractivity contribution in [1.29, 1.82) is 0 Å². The van der Waals surface area contributed by atoms with Gasteiger partial charge in [-0.05, 0) is 31.0 Å². The van der Waals surface area contributed by atoms with Crippen molar-refractivity contribution in [2.45, 2.75) is 29.7 Å². The van der Waals surface area contributed by atoms with E-state index in [1.54, 1.807) is 32.4 Å². The standard InChI is InChI=1S/C15H17ClN2O4S2/c1-9-7-13(23-15(9)16)24(19,20)18-11-5-6-22-14(11)10-3-4-12(21-2)17-8-10/h3-4,7-8,11,14,18H,5-6H2,1-2H3/t11-,14+/m0/s1. The first kappa shape index (κ1) is 17.6. The van der Waals surface area contributed by atoms with E-state index >= 15 is 0 Å². The summed E-state index contributed by atoms with van der Waals surface area (Å²) in [5.41, 5.74) is 1.56. The predicted octanol–water partition coefficient (Wildman–Crippen LogP) is 2.92. The van der Waals surface area contributed by atoms with Crippen LogP contribution in [0.15, 0.2) is 28.6 Å². The number of sulfonamides is 1. The summed E-state index contributed by atoms with van der Waals surface area (Å²) >= 11 is 7.04. The summed E-state index contributed by atoms with van der Waals surface area (Å²) in [6.45, 7) is 2.26. The smallest absolute Gasteiger partial charge is 0.250 e. The molecule has 1 saturated heterocycles. The number of pyridine rings is 1. The lowest BCUT2D eigenvalue weighted by Gasteiger charge is -2.19. The predicted molar refractivity (Wildman–Crippen MR) is 92.3 cm³/mol. The highest BCUT2D eigenvalue weighted by Crippen LogP contribution is 2.33. The Bertz CT molecular complexity index is 801. The Labute approximate surface area is 149 Å². The lowest BCUT2D eigenvalue weighted by molar-refractivity contribution is 0.102. The third-order valence-corrected chi connectivity index (χ3v) is 7.31. The molecule has 1 aliphatic heterocycles. The molecule has 0 aliphatic carbocycles. The molecule has 0 radical (unpaired) electrons. The van der Waals surface area contributed by atoms with Gasteiger partial charge in [0.1, 0.15) is 10.3 Å². The summed E-state index contributed by atoms with van der Waals surface area (Å²) in [5, 5.41) is 0. The van der Waals surface area contributed by atoms with Gasteiger partial charge in [0.25, 0.3) is 0 Å². The van der Waals surface area contributed by atoms with Gasteiger partial charge < -0.3 is 9.47 Å². The first-order valence-electron chi connectivity index (χ1n) is 7.30. The Morgan fingerprint density at radius 1 is 1.46 bits per heavy atom. The molecular formula is C15H17ClN2O4S2. The highest BCUT2D eigenvalue weighted by molar-refractivity contribution is 7.91. The van der Waals surface area contributed by atoms with Gasteiger partial charge in [0.2, 0.25) is 15.9 Å². The Hall–Kier alpha value is -1.19. The molecule has 0 unspecified atom stereocenters. The molecule has 2 atom stereocenters. The van der Waals surface area contributed by atoms with Crippen LogP contribution in [0.25, 0.3) is 0 Å². The topological polar surface area (TPSA) is 77.5 Å². The van der Waals surface area contributed by atoms with E-state index < -0.39 is 10.0 Å². The first-order valence-corrected chi connectivity index (χ1v) is 9.98. The van der Waals surface area contributed by atoms with Gasteiger partial charge in [0, 0.05) is 24.4 Å². The van der Waals surface area contributed by atoms with E-state index in [4.69, 9.17) is 21.1 Å². The maximum atomic E-state index is 12.6. The van der Waals surface area contributed by atoms with E-state index in [1.165, 1.54) is 0 Å². The summed E-state index contributed by atoms with van der Waals surface area (Å²) < 4.78 is 39.3. The number of aryl methyl sites for hydroxylation is 1. The van der Waals surface area contributed by atoms with Crippen molar-refractivity contribution in [2.24, 2.45) is 0 Å². The molecule has 6 nitrogen and oxygen atoms in total. The molecule has 130 valence electrons. The van der Waals surface area contributed by atoms with Gasteiger partial charge >= 0.3 is 0 Å². The maximum absolute atomic E-state index is 12.6. The molecule has 0 aromatic carbocycles. The molecule has 2 aromatic heterocycles. The summed E-state index contributed by atoms with van der Waals surface area (Å²) in [7, 11) is -2.10. The second kappa shape index (κ2) is 6.97. The highest BCUT2D eigenvalue weighted by Gasteiger charge is 2.34. The number of halogens is 1. The number of thiophene rings is 1. The average molecular weight is 389 g/mol. The maximum Gasteiger partial charge on any atom is 0.250 e. The second-order valence-corrected chi connectivity index (χ2v) is 9.06. The van der Waals surface area contributed by atoms with Crippen LogP contribution in [0.4, 0.5) is 0 Å². The fourth-order valence-electron chi connectivity index (χ4n) is 2.54. The first-order chi connectivity index (χ1) is 11.4. The minimum absolute atomic E-state index is 0.212. The third-order valence-electron chi connectivity index (χ3n) is 3.79. The largest absolute Gasteiger partial charge is 0.481 e. The monoisotopic (exact) mass is 388 g/mol. The van der Waals surface area contributed by atoms with Crippen molar-refractivity contribution < 1.29 is 17.9 Å².